The molecule has 1 aliphatic carbocycles. The van der Waals surface area contributed by atoms with Gasteiger partial charge in [0.25, 0.3) is 0 Å². The normalized spacial score (nSPS) is 12.7. The number of benzene rings is 10. The number of furan rings is 1. The van der Waals surface area contributed by atoms with Crippen LogP contribution in [0.3, 0.4) is 0 Å². The van der Waals surface area contributed by atoms with E-state index in [1.807, 2.05) is 0 Å². The van der Waals surface area contributed by atoms with Crippen molar-refractivity contribution in [1.82, 2.24) is 13.7 Å². The molecule has 0 amide bonds. The third kappa shape index (κ3) is 5.83. The van der Waals surface area contributed by atoms with E-state index in [4.69, 9.17) is 4.42 Å². The fourth-order valence-corrected chi connectivity index (χ4v) is 11.8. The summed E-state index contributed by atoms with van der Waals surface area (Å²) in [6, 6.07) is 82.1. The predicted molar refractivity (Wildman–Crippen MR) is 293 cm³/mol. The Morgan fingerprint density at radius 2 is 0.843 bits per heavy atom. The van der Waals surface area contributed by atoms with Crippen LogP contribution in [0.1, 0.15) is 17.7 Å². The first-order valence-corrected chi connectivity index (χ1v) is 24.3. The van der Waals surface area contributed by atoms with Gasteiger partial charge in [-0.25, -0.2) is 0 Å². The molecule has 0 radical (unpaired) electrons. The molecule has 0 N–H and O–H groups in total. The summed E-state index contributed by atoms with van der Waals surface area (Å²) in [5.74, 6) is 0. The molecule has 0 saturated carbocycles. The van der Waals surface area contributed by atoms with Gasteiger partial charge in [0.15, 0.2) is 0 Å². The van der Waals surface area contributed by atoms with Crippen molar-refractivity contribution in [2.45, 2.75) is 12.8 Å². The summed E-state index contributed by atoms with van der Waals surface area (Å²) >= 11 is 0. The quantitative estimate of drug-likeness (QED) is 0.163. The van der Waals surface area contributed by atoms with E-state index in [0.29, 0.717) is 0 Å². The van der Waals surface area contributed by atoms with E-state index < -0.39 is 0 Å². The molecule has 4 nitrogen and oxygen atoms in total. The molecule has 10 aromatic carbocycles. The van der Waals surface area contributed by atoms with Crippen molar-refractivity contribution >= 4 is 82.5 Å². The van der Waals surface area contributed by atoms with Crippen molar-refractivity contribution < 1.29 is 4.42 Å². The maximum Gasteiger partial charge on any atom is 0.136 e. The van der Waals surface area contributed by atoms with E-state index in [1.54, 1.807) is 0 Å². The summed E-state index contributed by atoms with van der Waals surface area (Å²) in [6.07, 6.45) is 6.75. The zero-order valence-electron chi connectivity index (χ0n) is 38.2. The van der Waals surface area contributed by atoms with E-state index >= 15 is 0 Å². The van der Waals surface area contributed by atoms with Crippen molar-refractivity contribution in [1.29, 1.82) is 0 Å². The van der Waals surface area contributed by atoms with Gasteiger partial charge in [0.05, 0.1) is 27.6 Å². The lowest BCUT2D eigenvalue weighted by Gasteiger charge is -2.12. The molecule has 328 valence electrons. The van der Waals surface area contributed by atoms with Crippen LogP contribution in [0, 0.1) is 0 Å². The van der Waals surface area contributed by atoms with Crippen LogP contribution < -0.4 is 0 Å². The maximum absolute atomic E-state index is 6.63. The standard InChI is InChI=1S/C66H43N3O/c1-4-15-47(16-5-1)67-59-25-13-11-22-52(59)54-40-46(30-35-60(54)67)50-23-14-26-65-66(50)57-39-44(31-36-64(57)70-65)42-28-33-61-55(37-42)56-38-43(29-34-62(56)68(61)48-17-6-2-7-18-48)45-27-32-53-51-21-10-12-24-58(51)69(63(53)41-45)49-19-8-3-9-20-49/h1-9,11-20,22-41H,10,21H2. The van der Waals surface area contributed by atoms with Gasteiger partial charge in [-0.05, 0) is 161 Å². The molecule has 14 aromatic rings. The highest BCUT2D eigenvalue weighted by Crippen LogP contribution is 2.43. The molecule has 0 saturated heterocycles. The monoisotopic (exact) mass is 893 g/mol. The van der Waals surface area contributed by atoms with Crippen LogP contribution in [0.2, 0.25) is 0 Å². The molecule has 70 heavy (non-hydrogen) atoms. The van der Waals surface area contributed by atoms with E-state index in [1.165, 1.54) is 82.6 Å². The van der Waals surface area contributed by atoms with Crippen LogP contribution in [0.25, 0.3) is 133 Å². The van der Waals surface area contributed by atoms with Gasteiger partial charge in [-0.15, -0.1) is 0 Å². The number of nitrogens with zero attached hydrogens (tertiary/aromatic N) is 3. The minimum Gasteiger partial charge on any atom is -0.456 e. The molecule has 0 fully saturated rings. The summed E-state index contributed by atoms with van der Waals surface area (Å²) < 4.78 is 13.9. The van der Waals surface area contributed by atoms with E-state index in [-0.39, 0.29) is 0 Å². The minimum absolute atomic E-state index is 0.881. The third-order valence-corrected chi connectivity index (χ3v) is 14.9. The number of rotatable bonds is 6. The first-order chi connectivity index (χ1) is 34.7. The van der Waals surface area contributed by atoms with Crippen LogP contribution in [0.15, 0.2) is 235 Å². The third-order valence-electron chi connectivity index (χ3n) is 14.9. The van der Waals surface area contributed by atoms with Crippen LogP contribution >= 0.6 is 0 Å². The molecule has 4 heteroatoms. The molecule has 1 aliphatic rings. The topological polar surface area (TPSA) is 27.9 Å². The lowest BCUT2D eigenvalue weighted by Crippen LogP contribution is -1.99. The number of para-hydroxylation sites is 4. The number of hydrogen-bond acceptors (Lipinski definition) is 1. The predicted octanol–water partition coefficient (Wildman–Crippen LogP) is 17.7. The smallest absolute Gasteiger partial charge is 0.136 e. The second-order valence-corrected chi connectivity index (χ2v) is 18.8. The van der Waals surface area contributed by atoms with Crippen molar-refractivity contribution in [3.8, 4) is 50.4 Å². The summed E-state index contributed by atoms with van der Waals surface area (Å²) in [7, 11) is 0. The molecule has 0 aliphatic heterocycles. The second kappa shape index (κ2) is 15.2. The Bertz CT molecular complexity index is 4450. The molecular weight excluding hydrogens is 851 g/mol. The summed E-state index contributed by atoms with van der Waals surface area (Å²) in [6.45, 7) is 0. The highest BCUT2D eigenvalue weighted by molar-refractivity contribution is 6.17. The number of fused-ring (bicyclic) bond motifs is 12. The van der Waals surface area contributed by atoms with Crippen LogP contribution in [-0.2, 0) is 6.42 Å². The van der Waals surface area contributed by atoms with Gasteiger partial charge in [0.1, 0.15) is 11.2 Å². The van der Waals surface area contributed by atoms with Crippen LogP contribution in [0.4, 0.5) is 0 Å². The van der Waals surface area contributed by atoms with E-state index in [9.17, 15) is 0 Å². The van der Waals surface area contributed by atoms with Gasteiger partial charge in [0, 0.05) is 60.5 Å². The number of allylic oxidation sites excluding steroid dienone is 1. The Labute approximate surface area is 403 Å². The SMILES string of the molecule is C1=Cc2c(c3ccc(-c4ccc5c(c4)c4cc(-c6ccc7oc8cccc(-c9ccc%10c(c9)c9ccccc9n%10-c9ccccc9)c8c7c6)ccc4n5-c4ccccc4)cc3n2-c2ccccc2)CC1. The minimum atomic E-state index is 0.881. The highest BCUT2D eigenvalue weighted by atomic mass is 16.3. The Morgan fingerprint density at radius 1 is 0.329 bits per heavy atom. The highest BCUT2D eigenvalue weighted by Gasteiger charge is 2.22. The van der Waals surface area contributed by atoms with E-state index in [0.717, 1.165) is 68.4 Å². The van der Waals surface area contributed by atoms with Gasteiger partial charge in [-0.1, -0.05) is 127 Å². The fourth-order valence-electron chi connectivity index (χ4n) is 11.8. The Balaban J connectivity index is 0.888. The molecule has 0 atom stereocenters. The van der Waals surface area contributed by atoms with Crippen molar-refractivity contribution in [2.75, 3.05) is 0 Å². The summed E-state index contributed by atoms with van der Waals surface area (Å²) in [5, 5.41) is 8.48. The molecular formula is C66H43N3O. The van der Waals surface area contributed by atoms with Gasteiger partial charge in [-0.3, -0.25) is 0 Å². The Hall–Kier alpha value is -9.12. The molecule has 4 aromatic heterocycles. The van der Waals surface area contributed by atoms with E-state index in [2.05, 4.69) is 250 Å². The molecule has 0 bridgehead atoms. The van der Waals surface area contributed by atoms with Gasteiger partial charge >= 0.3 is 0 Å². The summed E-state index contributed by atoms with van der Waals surface area (Å²) in [4.78, 5) is 0. The average Bonchev–Trinajstić information content (AvgIpc) is 4.17. The van der Waals surface area contributed by atoms with Crippen LogP contribution in [0.5, 0.6) is 0 Å². The average molecular weight is 894 g/mol. The van der Waals surface area contributed by atoms with Gasteiger partial charge in [0.2, 0.25) is 0 Å². The molecule has 0 spiro atoms. The van der Waals surface area contributed by atoms with Gasteiger partial charge in [-0.2, -0.15) is 0 Å². The maximum atomic E-state index is 6.63. The first-order valence-electron chi connectivity index (χ1n) is 24.3. The summed E-state index contributed by atoms with van der Waals surface area (Å²) in [5.41, 5.74) is 21.0. The molecule has 15 rings (SSSR count). The second-order valence-electron chi connectivity index (χ2n) is 18.8. The van der Waals surface area contributed by atoms with Crippen molar-refractivity contribution in [3.63, 3.8) is 0 Å². The fraction of sp³-hybridized carbons (Fsp3) is 0.0303. The lowest BCUT2D eigenvalue weighted by molar-refractivity contribution is 0.669. The first kappa shape index (κ1) is 38.9. The number of hydrogen-bond donors (Lipinski definition) is 0. The number of aryl methyl sites for hydroxylation is 1. The number of aromatic nitrogens is 3. The van der Waals surface area contributed by atoms with Crippen molar-refractivity contribution in [2.24, 2.45) is 0 Å². The molecule has 4 heterocycles. The van der Waals surface area contributed by atoms with Crippen LogP contribution in [-0.4, -0.2) is 13.7 Å². The largest absolute Gasteiger partial charge is 0.456 e. The zero-order valence-corrected chi connectivity index (χ0v) is 38.2. The lowest BCUT2D eigenvalue weighted by atomic mass is 9.96. The van der Waals surface area contributed by atoms with Crippen molar-refractivity contribution in [3.05, 3.63) is 242 Å². The Morgan fingerprint density at radius 3 is 1.51 bits per heavy atom. The Kier molecular flexibility index (Phi) is 8.45. The van der Waals surface area contributed by atoms with Gasteiger partial charge < -0.3 is 18.1 Å². The molecule has 0 unspecified atom stereocenters. The zero-order chi connectivity index (χ0) is 45.9.